The molecule has 6 nitrogen and oxygen atoms in total. The minimum Gasteiger partial charge on any atom is -0.463 e. The quantitative estimate of drug-likeness (QED) is 0.529. The van der Waals surface area contributed by atoms with E-state index in [0.29, 0.717) is 18.7 Å². The summed E-state index contributed by atoms with van der Waals surface area (Å²) in [6, 6.07) is 3.30. The smallest absolute Gasteiger partial charge is 0.373 e. The van der Waals surface area contributed by atoms with Crippen LogP contribution < -0.4 is 11.1 Å². The molecule has 1 heterocycles. The Morgan fingerprint density at radius 3 is 2.83 bits per heavy atom. The molecule has 0 saturated heterocycles. The average molecular weight is 254 g/mol. The van der Waals surface area contributed by atoms with Gasteiger partial charge in [0.15, 0.2) is 0 Å². The molecule has 0 unspecified atom stereocenters. The molecule has 0 radical (unpaired) electrons. The molecule has 1 aromatic rings. The van der Waals surface area contributed by atoms with Crippen LogP contribution in [0.25, 0.3) is 0 Å². The number of esters is 1. The monoisotopic (exact) mass is 254 g/mol. The Balaban J connectivity index is 2.17. The first-order valence-electron chi connectivity index (χ1n) is 5.79. The van der Waals surface area contributed by atoms with Crippen molar-refractivity contribution < 1.29 is 18.7 Å². The molecule has 18 heavy (non-hydrogen) atoms. The van der Waals surface area contributed by atoms with Gasteiger partial charge in [0.25, 0.3) is 0 Å². The summed E-state index contributed by atoms with van der Waals surface area (Å²) in [6.07, 6.45) is 2.05. The maximum Gasteiger partial charge on any atom is 0.373 e. The van der Waals surface area contributed by atoms with Crippen LogP contribution >= 0.6 is 0 Å². The van der Waals surface area contributed by atoms with Crippen molar-refractivity contribution in [2.24, 2.45) is 5.73 Å². The fourth-order valence-corrected chi connectivity index (χ4v) is 1.44. The molecule has 0 atom stereocenters. The highest BCUT2D eigenvalue weighted by Crippen LogP contribution is 2.08. The number of carbonyl (C=O) groups excluding carboxylic acids is 2. The number of carbonyl (C=O) groups is 2. The van der Waals surface area contributed by atoms with Gasteiger partial charge in [0.2, 0.25) is 11.7 Å². The molecule has 0 saturated carbocycles. The van der Waals surface area contributed by atoms with Gasteiger partial charge in [-0.15, -0.1) is 0 Å². The number of primary amides is 1. The Kier molecular flexibility index (Phi) is 5.93. The lowest BCUT2D eigenvalue weighted by molar-refractivity contribution is -0.118. The minimum atomic E-state index is -0.484. The number of furan rings is 1. The van der Waals surface area contributed by atoms with E-state index in [1.165, 1.54) is 7.11 Å². The van der Waals surface area contributed by atoms with Gasteiger partial charge in [0.1, 0.15) is 5.76 Å². The van der Waals surface area contributed by atoms with Crippen molar-refractivity contribution >= 4 is 11.9 Å². The summed E-state index contributed by atoms with van der Waals surface area (Å²) < 4.78 is 9.80. The number of amides is 1. The number of nitrogens with two attached hydrogens (primary N) is 1. The normalized spacial score (nSPS) is 10.3. The number of unbranched alkanes of at least 4 members (excludes halogenated alkanes) is 1. The second kappa shape index (κ2) is 7.50. The fourth-order valence-electron chi connectivity index (χ4n) is 1.44. The van der Waals surface area contributed by atoms with Crippen molar-refractivity contribution in [3.05, 3.63) is 23.7 Å². The van der Waals surface area contributed by atoms with Gasteiger partial charge >= 0.3 is 5.97 Å². The van der Waals surface area contributed by atoms with Crippen molar-refractivity contribution in [1.82, 2.24) is 5.32 Å². The van der Waals surface area contributed by atoms with Crippen LogP contribution in [0.2, 0.25) is 0 Å². The summed E-state index contributed by atoms with van der Waals surface area (Å²) >= 11 is 0. The summed E-state index contributed by atoms with van der Waals surface area (Å²) in [5.74, 6) is 0.111. The highest BCUT2D eigenvalue weighted by atomic mass is 16.5. The molecule has 0 bridgehead atoms. The van der Waals surface area contributed by atoms with Gasteiger partial charge in [-0.1, -0.05) is 0 Å². The Labute approximate surface area is 105 Å². The number of hydrogen-bond acceptors (Lipinski definition) is 5. The standard InChI is InChI=1S/C12H18N2O4/c1-17-12(16)10-6-5-9(18-10)8-14-7-3-2-4-11(13)15/h5-6,14H,2-4,7-8H2,1H3,(H2,13,15). The molecule has 1 aromatic heterocycles. The van der Waals surface area contributed by atoms with Crippen LogP contribution in [0.4, 0.5) is 0 Å². The van der Waals surface area contributed by atoms with Crippen molar-refractivity contribution in [1.29, 1.82) is 0 Å². The molecular formula is C12H18N2O4. The Morgan fingerprint density at radius 1 is 1.39 bits per heavy atom. The van der Waals surface area contributed by atoms with Crippen molar-refractivity contribution in [3.63, 3.8) is 0 Å². The molecule has 1 amide bonds. The zero-order chi connectivity index (χ0) is 13.4. The van der Waals surface area contributed by atoms with E-state index in [1.807, 2.05) is 0 Å². The van der Waals surface area contributed by atoms with E-state index >= 15 is 0 Å². The third-order valence-corrected chi connectivity index (χ3v) is 2.37. The minimum absolute atomic E-state index is 0.197. The van der Waals surface area contributed by atoms with E-state index < -0.39 is 5.97 Å². The van der Waals surface area contributed by atoms with E-state index in [-0.39, 0.29) is 11.7 Å². The number of methoxy groups -OCH3 is 1. The lowest BCUT2D eigenvalue weighted by atomic mass is 10.2. The van der Waals surface area contributed by atoms with Gasteiger partial charge in [0.05, 0.1) is 13.7 Å². The summed E-state index contributed by atoms with van der Waals surface area (Å²) in [5, 5.41) is 3.15. The van der Waals surface area contributed by atoms with E-state index in [1.54, 1.807) is 12.1 Å². The first kappa shape index (κ1) is 14.2. The molecule has 6 heteroatoms. The first-order chi connectivity index (χ1) is 8.63. The Bertz CT molecular complexity index is 401. The highest BCUT2D eigenvalue weighted by molar-refractivity contribution is 5.86. The molecular weight excluding hydrogens is 236 g/mol. The molecule has 0 aliphatic heterocycles. The summed E-state index contributed by atoms with van der Waals surface area (Å²) in [4.78, 5) is 21.6. The van der Waals surface area contributed by atoms with Gasteiger partial charge in [-0.25, -0.2) is 4.79 Å². The summed E-state index contributed by atoms with van der Waals surface area (Å²) in [5.41, 5.74) is 5.02. The van der Waals surface area contributed by atoms with Crippen LogP contribution in [-0.2, 0) is 16.1 Å². The molecule has 0 aliphatic carbocycles. The predicted octanol–water partition coefficient (Wildman–Crippen LogP) is 0.811. The second-order valence-electron chi connectivity index (χ2n) is 3.86. The van der Waals surface area contributed by atoms with Gasteiger partial charge in [-0.05, 0) is 31.5 Å². The van der Waals surface area contributed by atoms with Crippen LogP contribution in [-0.4, -0.2) is 25.5 Å². The summed E-state index contributed by atoms with van der Waals surface area (Å²) in [7, 11) is 1.31. The van der Waals surface area contributed by atoms with Crippen LogP contribution in [0.1, 0.15) is 35.6 Å². The van der Waals surface area contributed by atoms with Gasteiger partial charge in [-0.2, -0.15) is 0 Å². The predicted molar refractivity (Wildman–Crippen MR) is 64.8 cm³/mol. The molecule has 3 N–H and O–H groups in total. The van der Waals surface area contributed by atoms with Crippen LogP contribution in [0.3, 0.4) is 0 Å². The first-order valence-corrected chi connectivity index (χ1v) is 5.79. The zero-order valence-electron chi connectivity index (χ0n) is 10.4. The van der Waals surface area contributed by atoms with Gasteiger partial charge in [-0.3, -0.25) is 4.79 Å². The number of hydrogen-bond donors (Lipinski definition) is 2. The SMILES string of the molecule is COC(=O)c1ccc(CNCCCCC(N)=O)o1. The average Bonchev–Trinajstić information content (AvgIpc) is 2.81. The Hall–Kier alpha value is -1.82. The van der Waals surface area contributed by atoms with Crippen LogP contribution in [0, 0.1) is 0 Å². The van der Waals surface area contributed by atoms with E-state index in [9.17, 15) is 9.59 Å². The molecule has 0 fully saturated rings. The number of nitrogens with one attached hydrogen (secondary N) is 1. The molecule has 0 aromatic carbocycles. The highest BCUT2D eigenvalue weighted by Gasteiger charge is 2.10. The van der Waals surface area contributed by atoms with Crippen molar-refractivity contribution in [2.45, 2.75) is 25.8 Å². The molecule has 100 valence electrons. The number of rotatable bonds is 8. The van der Waals surface area contributed by atoms with E-state index in [0.717, 1.165) is 19.4 Å². The zero-order valence-corrected chi connectivity index (χ0v) is 10.4. The number of ether oxygens (including phenoxy) is 1. The molecule has 0 spiro atoms. The molecule has 0 aliphatic rings. The fraction of sp³-hybridized carbons (Fsp3) is 0.500. The van der Waals surface area contributed by atoms with Crippen molar-refractivity contribution in [2.75, 3.05) is 13.7 Å². The lowest BCUT2D eigenvalue weighted by Gasteiger charge is -2.01. The van der Waals surface area contributed by atoms with Gasteiger partial charge < -0.3 is 20.2 Å². The summed E-state index contributed by atoms with van der Waals surface area (Å²) in [6.45, 7) is 1.30. The van der Waals surface area contributed by atoms with E-state index in [4.69, 9.17) is 10.2 Å². The second-order valence-corrected chi connectivity index (χ2v) is 3.86. The molecule has 1 rings (SSSR count). The lowest BCUT2D eigenvalue weighted by Crippen LogP contribution is -2.15. The van der Waals surface area contributed by atoms with Crippen molar-refractivity contribution in [3.8, 4) is 0 Å². The maximum atomic E-state index is 11.1. The Morgan fingerprint density at radius 2 is 2.17 bits per heavy atom. The third kappa shape index (κ3) is 5.01. The van der Waals surface area contributed by atoms with Gasteiger partial charge in [0, 0.05) is 6.42 Å². The third-order valence-electron chi connectivity index (χ3n) is 2.37. The maximum absolute atomic E-state index is 11.1. The largest absolute Gasteiger partial charge is 0.463 e. The van der Waals surface area contributed by atoms with Crippen LogP contribution in [0.5, 0.6) is 0 Å². The van der Waals surface area contributed by atoms with Crippen LogP contribution in [0.15, 0.2) is 16.5 Å². The topological polar surface area (TPSA) is 94.6 Å². The van der Waals surface area contributed by atoms with E-state index in [2.05, 4.69) is 10.1 Å².